The van der Waals surface area contributed by atoms with E-state index in [1.165, 1.54) is 0 Å². The van der Waals surface area contributed by atoms with Gasteiger partial charge in [0.15, 0.2) is 11.3 Å². The number of rotatable bonds is 2. The molecule has 128 valence electrons. The molecular weight excluding hydrogens is 332 g/mol. The normalized spacial score (nSPS) is 11.1. The summed E-state index contributed by atoms with van der Waals surface area (Å²) in [7, 11) is 0. The molecule has 5 aromatic rings. The van der Waals surface area contributed by atoms with Crippen LogP contribution >= 0.6 is 0 Å². The van der Waals surface area contributed by atoms with Gasteiger partial charge in [0, 0.05) is 11.1 Å². The van der Waals surface area contributed by atoms with Gasteiger partial charge in [0.2, 0.25) is 0 Å². The average molecular weight is 348 g/mol. The molecule has 0 spiro atoms. The van der Waals surface area contributed by atoms with Crippen LogP contribution in [-0.2, 0) is 0 Å². The molecular formula is C23H16N4. The topological polar surface area (TPSA) is 51.6 Å². The van der Waals surface area contributed by atoms with E-state index in [1.807, 2.05) is 85.8 Å². The number of aryl methyl sites for hydroxylation is 1. The Hall–Kier alpha value is -3.66. The summed E-state index contributed by atoms with van der Waals surface area (Å²) in [4.78, 5) is 19.2. The predicted octanol–water partition coefficient (Wildman–Crippen LogP) is 5.22. The first-order valence-electron chi connectivity index (χ1n) is 8.85. The fraction of sp³-hybridized carbons (Fsp3) is 0.0435. The van der Waals surface area contributed by atoms with Crippen LogP contribution in [0.3, 0.4) is 0 Å². The lowest BCUT2D eigenvalue weighted by atomic mass is 10.0. The zero-order valence-corrected chi connectivity index (χ0v) is 14.8. The van der Waals surface area contributed by atoms with E-state index < -0.39 is 0 Å². The Balaban J connectivity index is 1.85. The third kappa shape index (κ3) is 2.81. The Labute approximate surface area is 156 Å². The second-order valence-corrected chi connectivity index (χ2v) is 6.52. The van der Waals surface area contributed by atoms with E-state index in [0.29, 0.717) is 11.3 Å². The molecule has 2 heterocycles. The Morgan fingerprint density at radius 1 is 0.519 bits per heavy atom. The molecule has 4 nitrogen and oxygen atoms in total. The molecule has 4 heteroatoms. The van der Waals surface area contributed by atoms with Crippen molar-refractivity contribution >= 4 is 22.3 Å². The summed E-state index contributed by atoms with van der Waals surface area (Å²) < 4.78 is 0. The average Bonchev–Trinajstić information content (AvgIpc) is 2.72. The minimum absolute atomic E-state index is 0.560. The highest BCUT2D eigenvalue weighted by Crippen LogP contribution is 2.30. The van der Waals surface area contributed by atoms with E-state index >= 15 is 0 Å². The van der Waals surface area contributed by atoms with E-state index in [-0.39, 0.29) is 0 Å². The second kappa shape index (κ2) is 6.25. The van der Waals surface area contributed by atoms with Gasteiger partial charge in [0.1, 0.15) is 0 Å². The standard InChI is InChI=1S/C23H16N4/c1-15-12-13-18-19(14-15)25-23-22(24-18)26-20(16-8-4-2-5-9-16)21(27-23)17-10-6-3-7-11-17/h2-14H,1H3. The van der Waals surface area contributed by atoms with E-state index in [9.17, 15) is 0 Å². The van der Waals surface area contributed by atoms with Crippen molar-refractivity contribution in [2.24, 2.45) is 0 Å². The van der Waals surface area contributed by atoms with Crippen LogP contribution in [0.1, 0.15) is 5.56 Å². The van der Waals surface area contributed by atoms with E-state index in [4.69, 9.17) is 19.9 Å². The summed E-state index contributed by atoms with van der Waals surface area (Å²) in [5.74, 6) is 0. The maximum absolute atomic E-state index is 4.87. The fourth-order valence-corrected chi connectivity index (χ4v) is 3.21. The van der Waals surface area contributed by atoms with Crippen molar-refractivity contribution in [3.8, 4) is 22.5 Å². The molecule has 0 atom stereocenters. The number of nitrogens with zero attached hydrogens (tertiary/aromatic N) is 4. The predicted molar refractivity (Wildman–Crippen MR) is 108 cm³/mol. The molecule has 27 heavy (non-hydrogen) atoms. The van der Waals surface area contributed by atoms with E-state index in [2.05, 4.69) is 0 Å². The van der Waals surface area contributed by atoms with Crippen LogP contribution in [0.2, 0.25) is 0 Å². The molecule has 5 rings (SSSR count). The van der Waals surface area contributed by atoms with Crippen molar-refractivity contribution in [1.82, 2.24) is 19.9 Å². The zero-order valence-electron chi connectivity index (χ0n) is 14.8. The smallest absolute Gasteiger partial charge is 0.199 e. The highest BCUT2D eigenvalue weighted by molar-refractivity contribution is 5.87. The molecule has 0 amide bonds. The van der Waals surface area contributed by atoms with Crippen LogP contribution in [0.25, 0.3) is 44.8 Å². The third-order valence-corrected chi connectivity index (χ3v) is 4.54. The summed E-state index contributed by atoms with van der Waals surface area (Å²) >= 11 is 0. The summed E-state index contributed by atoms with van der Waals surface area (Å²) in [5, 5.41) is 0. The van der Waals surface area contributed by atoms with Crippen LogP contribution in [-0.4, -0.2) is 19.9 Å². The number of benzene rings is 3. The molecule has 0 aliphatic rings. The van der Waals surface area contributed by atoms with Crippen molar-refractivity contribution in [2.75, 3.05) is 0 Å². The molecule has 0 unspecified atom stereocenters. The number of hydrogen-bond acceptors (Lipinski definition) is 4. The minimum atomic E-state index is 0.560. The molecule has 0 aliphatic carbocycles. The van der Waals surface area contributed by atoms with Gasteiger partial charge in [-0.05, 0) is 24.6 Å². The van der Waals surface area contributed by atoms with Crippen molar-refractivity contribution in [3.63, 3.8) is 0 Å². The van der Waals surface area contributed by atoms with Crippen LogP contribution in [0.5, 0.6) is 0 Å². The summed E-state index contributed by atoms with van der Waals surface area (Å²) in [6.45, 7) is 2.05. The highest BCUT2D eigenvalue weighted by atomic mass is 15.0. The molecule has 0 saturated carbocycles. The molecule has 0 saturated heterocycles. The maximum Gasteiger partial charge on any atom is 0.199 e. The summed E-state index contributed by atoms with van der Waals surface area (Å²) in [6, 6.07) is 26.2. The summed E-state index contributed by atoms with van der Waals surface area (Å²) in [6.07, 6.45) is 0. The van der Waals surface area contributed by atoms with Crippen molar-refractivity contribution in [2.45, 2.75) is 6.92 Å². The third-order valence-electron chi connectivity index (χ3n) is 4.54. The van der Waals surface area contributed by atoms with Gasteiger partial charge in [-0.1, -0.05) is 66.7 Å². The Kier molecular flexibility index (Phi) is 3.61. The SMILES string of the molecule is Cc1ccc2nc3nc(-c4ccccc4)c(-c4ccccc4)nc3nc2c1. The van der Waals surface area contributed by atoms with E-state index in [0.717, 1.165) is 39.1 Å². The quantitative estimate of drug-likeness (QED) is 0.411. The van der Waals surface area contributed by atoms with Crippen molar-refractivity contribution in [3.05, 3.63) is 84.4 Å². The largest absolute Gasteiger partial charge is 0.224 e. The lowest BCUT2D eigenvalue weighted by molar-refractivity contribution is 1.20. The van der Waals surface area contributed by atoms with Gasteiger partial charge in [-0.25, -0.2) is 19.9 Å². The Morgan fingerprint density at radius 2 is 1.04 bits per heavy atom. The monoisotopic (exact) mass is 348 g/mol. The summed E-state index contributed by atoms with van der Waals surface area (Å²) in [5.41, 5.74) is 7.58. The van der Waals surface area contributed by atoms with Gasteiger partial charge < -0.3 is 0 Å². The van der Waals surface area contributed by atoms with Gasteiger partial charge in [-0.15, -0.1) is 0 Å². The molecule has 2 aromatic heterocycles. The van der Waals surface area contributed by atoms with Crippen molar-refractivity contribution < 1.29 is 0 Å². The van der Waals surface area contributed by atoms with Gasteiger partial charge in [0.25, 0.3) is 0 Å². The van der Waals surface area contributed by atoms with E-state index in [1.54, 1.807) is 0 Å². The Morgan fingerprint density at radius 3 is 1.59 bits per heavy atom. The lowest BCUT2D eigenvalue weighted by Gasteiger charge is -2.10. The number of aromatic nitrogens is 4. The fourth-order valence-electron chi connectivity index (χ4n) is 3.21. The molecule has 0 aliphatic heterocycles. The van der Waals surface area contributed by atoms with Gasteiger partial charge in [-0.2, -0.15) is 0 Å². The maximum atomic E-state index is 4.87. The number of fused-ring (bicyclic) bond motifs is 2. The van der Waals surface area contributed by atoms with Gasteiger partial charge in [0.05, 0.1) is 22.4 Å². The molecule has 0 N–H and O–H groups in total. The van der Waals surface area contributed by atoms with Gasteiger partial charge in [-0.3, -0.25) is 0 Å². The Bertz CT molecular complexity index is 1270. The second-order valence-electron chi connectivity index (χ2n) is 6.52. The molecule has 3 aromatic carbocycles. The van der Waals surface area contributed by atoms with Crippen molar-refractivity contribution in [1.29, 1.82) is 0 Å². The van der Waals surface area contributed by atoms with Crippen LogP contribution < -0.4 is 0 Å². The minimum Gasteiger partial charge on any atom is -0.224 e. The molecule has 0 radical (unpaired) electrons. The van der Waals surface area contributed by atoms with Crippen LogP contribution in [0.4, 0.5) is 0 Å². The molecule has 0 fully saturated rings. The molecule has 0 bridgehead atoms. The van der Waals surface area contributed by atoms with Crippen LogP contribution in [0, 0.1) is 6.92 Å². The zero-order chi connectivity index (χ0) is 18.2. The first-order valence-corrected chi connectivity index (χ1v) is 8.85. The number of hydrogen-bond donors (Lipinski definition) is 0. The van der Waals surface area contributed by atoms with Gasteiger partial charge >= 0.3 is 0 Å². The first kappa shape index (κ1) is 15.6. The highest BCUT2D eigenvalue weighted by Gasteiger charge is 2.15. The van der Waals surface area contributed by atoms with Crippen LogP contribution in [0.15, 0.2) is 78.9 Å². The first-order chi connectivity index (χ1) is 13.3. The lowest BCUT2D eigenvalue weighted by Crippen LogP contribution is -1.99.